The molecular weight excluding hydrogens is 564 g/mol. The topological polar surface area (TPSA) is 89.5 Å². The first kappa shape index (κ1) is 29.2. The summed E-state index contributed by atoms with van der Waals surface area (Å²) >= 11 is 5.97. The molecule has 40 heavy (non-hydrogen) atoms. The molecule has 1 unspecified atom stereocenters. The number of carbonyl (C=O) groups is 2. The van der Waals surface area contributed by atoms with Gasteiger partial charge in [-0.1, -0.05) is 23.9 Å². The van der Waals surface area contributed by atoms with Crippen LogP contribution in [0.4, 0.5) is 20.2 Å². The molecule has 1 saturated heterocycles. The lowest BCUT2D eigenvalue weighted by Gasteiger charge is -2.32. The van der Waals surface area contributed by atoms with Crippen LogP contribution in [0.15, 0.2) is 77.8 Å². The van der Waals surface area contributed by atoms with Gasteiger partial charge in [0.05, 0.1) is 19.9 Å². The zero-order chi connectivity index (χ0) is 28.7. The third-order valence-electron chi connectivity index (χ3n) is 5.87. The van der Waals surface area contributed by atoms with Crippen LogP contribution < -0.4 is 19.5 Å². The molecule has 3 aromatic rings. The van der Waals surface area contributed by atoms with E-state index < -0.39 is 16.7 Å². The maximum atomic E-state index is 13.3. The molecule has 2 amide bonds. The Labute approximate surface area is 239 Å². The Hall–Kier alpha value is -3.83. The summed E-state index contributed by atoms with van der Waals surface area (Å²) in [5, 5.41) is 2.35. The van der Waals surface area contributed by atoms with E-state index in [0.717, 1.165) is 11.3 Å². The largest absolute Gasteiger partial charge is 0.497 e. The standard InChI is InChI=1S/C28H26ClF2N3O5S/c1-37-21-9-3-18(4-10-21)15-16-34-25(35)17-24(40-27(34)33-20-5-11-22(38-2)12-6-20)26(36)32-19-7-13-23(14-8-19)39-28(29,30)31/h3-14,24H,15-17H2,1-2H3,(H,32,36). The molecule has 0 saturated carbocycles. The van der Waals surface area contributed by atoms with Crippen molar-refractivity contribution >= 4 is 51.7 Å². The Morgan fingerprint density at radius 3 is 2.15 bits per heavy atom. The van der Waals surface area contributed by atoms with Crippen LogP contribution in [-0.4, -0.2) is 53.5 Å². The van der Waals surface area contributed by atoms with Crippen molar-refractivity contribution in [2.45, 2.75) is 23.7 Å². The SMILES string of the molecule is COc1ccc(CCN2C(=O)CC(C(=O)Nc3ccc(OC(F)(F)Cl)cc3)SC2=Nc2ccc(OC)cc2)cc1. The third-order valence-corrected chi connectivity index (χ3v) is 7.13. The van der Waals surface area contributed by atoms with Crippen molar-refractivity contribution in [1.82, 2.24) is 4.90 Å². The van der Waals surface area contributed by atoms with Crippen molar-refractivity contribution in [3.8, 4) is 17.2 Å². The fourth-order valence-electron chi connectivity index (χ4n) is 3.82. The second-order valence-corrected chi connectivity index (χ2v) is 10.2. The molecule has 1 aliphatic heterocycles. The molecule has 0 radical (unpaired) electrons. The number of benzene rings is 3. The highest BCUT2D eigenvalue weighted by Gasteiger charge is 2.36. The number of hydrogen-bond acceptors (Lipinski definition) is 7. The number of amidine groups is 1. The van der Waals surface area contributed by atoms with Gasteiger partial charge in [0.15, 0.2) is 5.17 Å². The molecule has 210 valence electrons. The highest BCUT2D eigenvalue weighted by molar-refractivity contribution is 8.15. The fraction of sp³-hybridized carbons (Fsp3) is 0.250. The average Bonchev–Trinajstić information content (AvgIpc) is 2.93. The van der Waals surface area contributed by atoms with E-state index in [1.54, 1.807) is 43.4 Å². The Morgan fingerprint density at radius 1 is 1.00 bits per heavy atom. The van der Waals surface area contributed by atoms with Crippen LogP contribution in [0.2, 0.25) is 0 Å². The number of alkyl halides is 3. The average molecular weight is 590 g/mol. The predicted molar refractivity (Wildman–Crippen MR) is 151 cm³/mol. The van der Waals surface area contributed by atoms with Crippen molar-refractivity contribution in [2.75, 3.05) is 26.1 Å². The summed E-state index contributed by atoms with van der Waals surface area (Å²) in [5.41, 5.74) is -1.89. The van der Waals surface area contributed by atoms with Crippen LogP contribution in [-0.2, 0) is 16.0 Å². The summed E-state index contributed by atoms with van der Waals surface area (Å²) in [6.45, 7) is 0.369. The lowest BCUT2D eigenvalue weighted by molar-refractivity contribution is -0.129. The van der Waals surface area contributed by atoms with Gasteiger partial charge in [0.1, 0.15) is 22.5 Å². The molecule has 1 N–H and O–H groups in total. The van der Waals surface area contributed by atoms with Crippen molar-refractivity contribution < 1.29 is 32.6 Å². The normalized spacial score (nSPS) is 16.5. The first-order valence-corrected chi connectivity index (χ1v) is 13.4. The van der Waals surface area contributed by atoms with E-state index in [9.17, 15) is 18.4 Å². The molecule has 12 heteroatoms. The van der Waals surface area contributed by atoms with Gasteiger partial charge in [-0.2, -0.15) is 0 Å². The summed E-state index contributed by atoms with van der Waals surface area (Å²) in [4.78, 5) is 32.6. The van der Waals surface area contributed by atoms with Crippen LogP contribution in [0, 0.1) is 0 Å². The van der Waals surface area contributed by atoms with Crippen LogP contribution in [0.25, 0.3) is 0 Å². The van der Waals surface area contributed by atoms with Gasteiger partial charge in [-0.15, -0.1) is 8.78 Å². The molecule has 1 atom stereocenters. The lowest BCUT2D eigenvalue weighted by Crippen LogP contribution is -2.46. The summed E-state index contributed by atoms with van der Waals surface area (Å²) in [6, 6.07) is 19.9. The number of rotatable bonds is 10. The Balaban J connectivity index is 1.50. The number of methoxy groups -OCH3 is 2. The molecule has 3 aromatic carbocycles. The number of halogens is 3. The highest BCUT2D eigenvalue weighted by Crippen LogP contribution is 2.31. The maximum Gasteiger partial charge on any atom is 0.487 e. The van der Waals surface area contributed by atoms with Gasteiger partial charge in [-0.05, 0) is 72.6 Å². The number of ether oxygens (including phenoxy) is 3. The molecular formula is C28H26ClF2N3O5S. The number of thioether (sulfide) groups is 1. The minimum absolute atomic E-state index is 0.0413. The van der Waals surface area contributed by atoms with Gasteiger partial charge in [-0.3, -0.25) is 14.5 Å². The third kappa shape index (κ3) is 8.09. The van der Waals surface area contributed by atoms with Crippen LogP contribution in [0.5, 0.6) is 17.2 Å². The Bertz CT molecular complexity index is 1350. The van der Waals surface area contributed by atoms with E-state index >= 15 is 0 Å². The van der Waals surface area contributed by atoms with E-state index in [-0.39, 0.29) is 18.1 Å². The number of nitrogens with zero attached hydrogens (tertiary/aromatic N) is 2. The molecule has 0 aromatic heterocycles. The molecule has 0 aliphatic carbocycles. The zero-order valence-electron chi connectivity index (χ0n) is 21.6. The number of nitrogens with one attached hydrogen (secondary N) is 1. The second-order valence-electron chi connectivity index (χ2n) is 8.61. The minimum atomic E-state index is -3.84. The molecule has 4 rings (SSSR count). The number of anilines is 1. The summed E-state index contributed by atoms with van der Waals surface area (Å²) in [7, 11) is 3.16. The maximum absolute atomic E-state index is 13.3. The monoisotopic (exact) mass is 589 g/mol. The van der Waals surface area contributed by atoms with Gasteiger partial charge in [0.25, 0.3) is 0 Å². The molecule has 1 aliphatic rings. The van der Waals surface area contributed by atoms with Crippen LogP contribution in [0.3, 0.4) is 0 Å². The molecule has 8 nitrogen and oxygen atoms in total. The second kappa shape index (κ2) is 13.0. The summed E-state index contributed by atoms with van der Waals surface area (Å²) < 4.78 is 40.4. The molecule has 1 fully saturated rings. The fourth-order valence-corrected chi connectivity index (χ4v) is 5.04. The lowest BCUT2D eigenvalue weighted by atomic mass is 10.1. The first-order valence-electron chi connectivity index (χ1n) is 12.1. The molecule has 1 heterocycles. The summed E-state index contributed by atoms with van der Waals surface area (Å²) in [6.07, 6.45) is 0.533. The quantitative estimate of drug-likeness (QED) is 0.289. The molecule has 0 spiro atoms. The number of amides is 2. The van der Waals surface area contributed by atoms with Gasteiger partial charge >= 0.3 is 5.57 Å². The van der Waals surface area contributed by atoms with Crippen LogP contribution >= 0.6 is 23.4 Å². The van der Waals surface area contributed by atoms with E-state index in [2.05, 4.69) is 15.0 Å². The van der Waals surface area contributed by atoms with E-state index in [0.29, 0.717) is 35.3 Å². The molecule has 0 bridgehead atoms. The Morgan fingerprint density at radius 2 is 1.57 bits per heavy atom. The number of aliphatic imine (C=N–C) groups is 1. The van der Waals surface area contributed by atoms with Crippen molar-refractivity contribution in [3.05, 3.63) is 78.4 Å². The Kier molecular flexibility index (Phi) is 9.49. The van der Waals surface area contributed by atoms with Gasteiger partial charge < -0.3 is 19.5 Å². The number of carbonyl (C=O) groups excluding carboxylic acids is 2. The smallest absolute Gasteiger partial charge is 0.487 e. The zero-order valence-corrected chi connectivity index (χ0v) is 23.2. The van der Waals surface area contributed by atoms with Crippen molar-refractivity contribution in [3.63, 3.8) is 0 Å². The van der Waals surface area contributed by atoms with E-state index in [1.165, 1.54) is 36.0 Å². The van der Waals surface area contributed by atoms with Gasteiger partial charge in [-0.25, -0.2) is 4.99 Å². The minimum Gasteiger partial charge on any atom is -0.497 e. The van der Waals surface area contributed by atoms with Crippen molar-refractivity contribution in [1.29, 1.82) is 0 Å². The van der Waals surface area contributed by atoms with E-state index in [4.69, 9.17) is 21.1 Å². The van der Waals surface area contributed by atoms with Gasteiger partial charge in [0, 0.05) is 30.3 Å². The van der Waals surface area contributed by atoms with E-state index in [1.807, 2.05) is 24.3 Å². The van der Waals surface area contributed by atoms with Crippen molar-refractivity contribution in [2.24, 2.45) is 4.99 Å². The van der Waals surface area contributed by atoms with Gasteiger partial charge in [0.2, 0.25) is 11.8 Å². The number of hydrogen-bond donors (Lipinski definition) is 1. The summed E-state index contributed by atoms with van der Waals surface area (Å²) in [5.74, 6) is 0.570. The first-order chi connectivity index (χ1) is 19.1. The predicted octanol–water partition coefficient (Wildman–Crippen LogP) is 6.07. The van der Waals surface area contributed by atoms with Crippen LogP contribution in [0.1, 0.15) is 12.0 Å². The highest BCUT2D eigenvalue weighted by atomic mass is 35.5.